The van der Waals surface area contributed by atoms with Gasteiger partial charge in [0.2, 0.25) is 0 Å². The Hall–Kier alpha value is -2.33. The van der Waals surface area contributed by atoms with Gasteiger partial charge in [0.15, 0.2) is 5.78 Å². The number of benzene rings is 3. The van der Waals surface area contributed by atoms with Crippen LogP contribution in [0.4, 0.5) is 0 Å². The van der Waals surface area contributed by atoms with Crippen LogP contribution >= 0.6 is 11.3 Å². The predicted molar refractivity (Wildman–Crippen MR) is 132 cm³/mol. The predicted octanol–water partition coefficient (Wildman–Crippen LogP) is 6.80. The molecule has 0 bridgehead atoms. The van der Waals surface area contributed by atoms with Crippen LogP contribution in [0, 0.1) is 6.07 Å². The van der Waals surface area contributed by atoms with Crippen LogP contribution in [-0.2, 0) is 24.9 Å². The summed E-state index contributed by atoms with van der Waals surface area (Å²) in [5, 5.41) is 14.9. The molecule has 0 unspecified atom stereocenters. The number of aromatic nitrogens is 1. The summed E-state index contributed by atoms with van der Waals surface area (Å²) < 4.78 is 5.56. The molecule has 6 aromatic rings. The van der Waals surface area contributed by atoms with Crippen LogP contribution < -0.4 is 0 Å². The first-order valence-corrected chi connectivity index (χ1v) is 12.4. The molecular formula is C26H18IrNO2SSe-. The number of aliphatic hydroxyl groups excluding tert-OH is 1. The summed E-state index contributed by atoms with van der Waals surface area (Å²) in [4.78, 5) is 14.9. The van der Waals surface area contributed by atoms with Crippen molar-refractivity contribution in [3.05, 3.63) is 78.7 Å². The van der Waals surface area contributed by atoms with E-state index in [4.69, 9.17) is 10.1 Å². The molecule has 0 aliphatic carbocycles. The fourth-order valence-corrected chi connectivity index (χ4v) is 7.73. The first-order chi connectivity index (χ1) is 15.0. The summed E-state index contributed by atoms with van der Waals surface area (Å²) in [7, 11) is 0. The van der Waals surface area contributed by atoms with Crippen molar-refractivity contribution in [3.63, 3.8) is 0 Å². The standard InChI is InChI=1S/C21H10NSSe.C5H8O2.Ir/c1-2-6-13-12(5-1)11-22-20-14-7-3-8-15-18(14)19-16(23-15)9-4-10-17(19)24-21(13)20;1-4(6)3-5(2)7;/h1-6,8-11H;3,6H,1-2H3;/q-1;;/b;4-3-;. The molecule has 6 heteroatoms. The van der Waals surface area contributed by atoms with E-state index in [0.29, 0.717) is 0 Å². The van der Waals surface area contributed by atoms with Gasteiger partial charge in [-0.05, 0) is 13.8 Å². The van der Waals surface area contributed by atoms with Gasteiger partial charge in [0, 0.05) is 26.2 Å². The van der Waals surface area contributed by atoms with Crippen molar-refractivity contribution >= 4 is 82.0 Å². The molecule has 0 amide bonds. The van der Waals surface area contributed by atoms with Crippen LogP contribution in [0.2, 0.25) is 0 Å². The third-order valence-electron chi connectivity index (χ3n) is 5.03. The number of carbonyl (C=O) groups excluding carboxylic acids is 1. The van der Waals surface area contributed by atoms with Gasteiger partial charge in [-0.2, -0.15) is 0 Å². The van der Waals surface area contributed by atoms with Crippen molar-refractivity contribution in [3.8, 4) is 0 Å². The van der Waals surface area contributed by atoms with Gasteiger partial charge in [-0.15, -0.1) is 0 Å². The topological polar surface area (TPSA) is 50.2 Å². The molecular weight excluding hydrogens is 662 g/mol. The third kappa shape index (κ3) is 4.05. The third-order valence-corrected chi connectivity index (χ3v) is 8.62. The van der Waals surface area contributed by atoms with E-state index in [1.54, 1.807) is 0 Å². The Morgan fingerprint density at radius 2 is 1.84 bits per heavy atom. The molecule has 0 spiro atoms. The zero-order chi connectivity index (χ0) is 21.5. The van der Waals surface area contributed by atoms with Crippen molar-refractivity contribution in [2.75, 3.05) is 0 Å². The first-order valence-electron chi connectivity index (χ1n) is 9.82. The maximum absolute atomic E-state index is 10.0. The normalized spacial score (nSPS) is 11.6. The maximum atomic E-state index is 10.0. The van der Waals surface area contributed by atoms with E-state index in [1.807, 2.05) is 23.6 Å². The Morgan fingerprint density at radius 1 is 1.06 bits per heavy atom. The zero-order valence-electron chi connectivity index (χ0n) is 17.3. The van der Waals surface area contributed by atoms with Crippen LogP contribution in [0.15, 0.2) is 72.6 Å². The molecule has 32 heavy (non-hydrogen) atoms. The summed E-state index contributed by atoms with van der Waals surface area (Å²) in [6.45, 7) is 2.85. The first kappa shape index (κ1) is 22.8. The molecule has 161 valence electrons. The second-order valence-electron chi connectivity index (χ2n) is 7.34. The summed E-state index contributed by atoms with van der Waals surface area (Å²) in [6, 6.07) is 23.1. The van der Waals surface area contributed by atoms with Crippen molar-refractivity contribution < 1.29 is 30.0 Å². The molecule has 3 heterocycles. The second kappa shape index (κ2) is 9.27. The summed E-state index contributed by atoms with van der Waals surface area (Å²) in [5.74, 6) is -0.0625. The average Bonchev–Trinajstić information content (AvgIpc) is 3.05. The number of pyridine rings is 1. The molecule has 3 aromatic heterocycles. The van der Waals surface area contributed by atoms with E-state index in [-0.39, 0.29) is 46.2 Å². The Labute approximate surface area is 208 Å². The molecule has 1 radical (unpaired) electrons. The summed E-state index contributed by atoms with van der Waals surface area (Å²) in [5.41, 5.74) is 1.12. The van der Waals surface area contributed by atoms with E-state index in [0.717, 1.165) is 5.52 Å². The quantitative estimate of drug-likeness (QED) is 0.0901. The van der Waals surface area contributed by atoms with Crippen LogP contribution in [-0.4, -0.2) is 30.4 Å². The molecule has 3 nitrogen and oxygen atoms in total. The van der Waals surface area contributed by atoms with Crippen molar-refractivity contribution in [2.45, 2.75) is 13.8 Å². The van der Waals surface area contributed by atoms with E-state index in [2.05, 4.69) is 54.6 Å². The number of rotatable bonds is 1. The van der Waals surface area contributed by atoms with E-state index in [9.17, 15) is 4.79 Å². The number of thiophene rings is 1. The monoisotopic (exact) mass is 681 g/mol. The Balaban J connectivity index is 0.000000271. The van der Waals surface area contributed by atoms with Crippen molar-refractivity contribution in [1.82, 2.24) is 4.98 Å². The molecule has 0 saturated heterocycles. The van der Waals surface area contributed by atoms with Gasteiger partial charge in [-0.3, -0.25) is 4.79 Å². The van der Waals surface area contributed by atoms with Crippen LogP contribution in [0.1, 0.15) is 13.8 Å². The number of allylic oxidation sites excluding steroid dienone is 2. The van der Waals surface area contributed by atoms with Crippen molar-refractivity contribution in [1.29, 1.82) is 0 Å². The molecule has 0 aliphatic heterocycles. The van der Waals surface area contributed by atoms with Crippen LogP contribution in [0.25, 0.3) is 50.4 Å². The minimum atomic E-state index is -0.125. The van der Waals surface area contributed by atoms with Gasteiger partial charge in [-0.1, -0.05) is 0 Å². The number of aliphatic hydroxyl groups is 1. The van der Waals surface area contributed by atoms with E-state index in [1.165, 1.54) is 64.8 Å². The van der Waals surface area contributed by atoms with Gasteiger partial charge in [0.05, 0.1) is 5.76 Å². The molecule has 3 aromatic carbocycles. The van der Waals surface area contributed by atoms with Gasteiger partial charge < -0.3 is 5.11 Å². The number of carbonyl (C=O) groups is 1. The fourth-order valence-electron chi connectivity index (χ4n) is 3.87. The summed E-state index contributed by atoms with van der Waals surface area (Å²) >= 11 is 2.12. The molecule has 6 rings (SSSR count). The molecule has 0 fully saturated rings. The SMILES string of the molecule is CC(=O)/C=C(/C)O.[Ir].[c-]1ccc2sc3cccc4[se]c5c6ccccc6cnc5c1c2c34. The van der Waals surface area contributed by atoms with E-state index < -0.39 is 0 Å². The van der Waals surface area contributed by atoms with Gasteiger partial charge in [0.25, 0.3) is 0 Å². The summed E-state index contributed by atoms with van der Waals surface area (Å²) in [6.07, 6.45) is 3.18. The Morgan fingerprint density at radius 3 is 2.59 bits per heavy atom. The van der Waals surface area contributed by atoms with Crippen molar-refractivity contribution in [2.24, 2.45) is 0 Å². The average molecular weight is 680 g/mol. The molecule has 0 atom stereocenters. The van der Waals surface area contributed by atoms with Gasteiger partial charge in [0.1, 0.15) is 0 Å². The Bertz CT molecular complexity index is 1640. The number of fused-ring (bicyclic) bond motifs is 4. The number of ketones is 1. The van der Waals surface area contributed by atoms with Crippen LogP contribution in [0.5, 0.6) is 0 Å². The number of nitrogens with zero attached hydrogens (tertiary/aromatic N) is 1. The second-order valence-corrected chi connectivity index (χ2v) is 10.6. The van der Waals surface area contributed by atoms with E-state index >= 15 is 0 Å². The number of hydrogen-bond acceptors (Lipinski definition) is 4. The van der Waals surface area contributed by atoms with Gasteiger partial charge >= 0.3 is 148 Å². The molecule has 1 N–H and O–H groups in total. The molecule has 0 saturated carbocycles. The zero-order valence-corrected chi connectivity index (χ0v) is 22.2. The van der Waals surface area contributed by atoms with Gasteiger partial charge in [-0.25, -0.2) is 0 Å². The Kier molecular flexibility index (Phi) is 6.62. The van der Waals surface area contributed by atoms with Crippen LogP contribution in [0.3, 0.4) is 0 Å². The fraction of sp³-hybridized carbons (Fsp3) is 0.0769. The molecule has 0 aliphatic rings. The number of hydrogen-bond donors (Lipinski definition) is 1. The minimum absolute atomic E-state index is 0.